The fourth-order valence-electron chi connectivity index (χ4n) is 0.706. The summed E-state index contributed by atoms with van der Waals surface area (Å²) in [5.41, 5.74) is 0. The second-order valence-corrected chi connectivity index (χ2v) is 1.88. The highest BCUT2D eigenvalue weighted by molar-refractivity contribution is 5.70. The Labute approximate surface area is 59.6 Å². The Balaban J connectivity index is 2.47. The molecule has 0 aromatic carbocycles. The third kappa shape index (κ3) is 1.37. The molecule has 3 heteroatoms. The lowest BCUT2D eigenvalue weighted by molar-refractivity contribution is 0.166. The number of amides is 1. The molecule has 0 atom stereocenters. The van der Waals surface area contributed by atoms with Gasteiger partial charge in [0.2, 0.25) is 0 Å². The predicted octanol–water partition coefficient (Wildman–Crippen LogP) is 1.14. The summed E-state index contributed by atoms with van der Waals surface area (Å²) < 4.78 is 4.66. The maximum Gasteiger partial charge on any atom is 0.413 e. The molecule has 1 amide bonds. The Bertz CT molecular complexity index is 174. The van der Waals surface area contributed by atoms with Crippen LogP contribution < -0.4 is 0 Å². The van der Waals surface area contributed by atoms with Crippen molar-refractivity contribution < 1.29 is 9.53 Å². The molecule has 1 heterocycles. The second-order valence-electron chi connectivity index (χ2n) is 1.88. The van der Waals surface area contributed by atoms with Crippen molar-refractivity contribution in [3.8, 4) is 0 Å². The summed E-state index contributed by atoms with van der Waals surface area (Å²) in [7, 11) is 0. The number of cyclic esters (lactones) is 1. The van der Waals surface area contributed by atoms with Crippen LogP contribution in [-0.4, -0.2) is 24.1 Å². The smallest absolute Gasteiger partial charge is 0.413 e. The van der Waals surface area contributed by atoms with Crippen molar-refractivity contribution in [2.24, 2.45) is 0 Å². The fraction of sp³-hybridized carbons (Fsp3) is 0.286. The zero-order valence-electron chi connectivity index (χ0n) is 5.62. The van der Waals surface area contributed by atoms with E-state index < -0.39 is 0 Å². The number of carbonyl (C=O) groups excluding carboxylic acids is 1. The Hall–Kier alpha value is -1.25. The lowest BCUT2D eigenvalue weighted by Crippen LogP contribution is -2.16. The van der Waals surface area contributed by atoms with Crippen molar-refractivity contribution in [2.45, 2.75) is 0 Å². The van der Waals surface area contributed by atoms with Crippen molar-refractivity contribution in [3.05, 3.63) is 24.9 Å². The van der Waals surface area contributed by atoms with Crippen molar-refractivity contribution in [2.75, 3.05) is 13.2 Å². The van der Waals surface area contributed by atoms with Gasteiger partial charge in [-0.1, -0.05) is 12.7 Å². The molecule has 0 aliphatic carbocycles. The Morgan fingerprint density at radius 2 is 2.50 bits per heavy atom. The molecule has 10 heavy (non-hydrogen) atoms. The minimum atomic E-state index is -0.280. The Morgan fingerprint density at radius 3 is 3.00 bits per heavy atom. The van der Waals surface area contributed by atoms with Gasteiger partial charge in [-0.25, -0.2) is 4.79 Å². The van der Waals surface area contributed by atoms with Crippen LogP contribution in [0.15, 0.2) is 24.9 Å². The number of nitrogens with zero attached hydrogens (tertiary/aromatic N) is 1. The van der Waals surface area contributed by atoms with E-state index in [4.69, 9.17) is 0 Å². The van der Waals surface area contributed by atoms with Gasteiger partial charge in [-0.2, -0.15) is 0 Å². The van der Waals surface area contributed by atoms with E-state index in [9.17, 15) is 4.79 Å². The first kappa shape index (κ1) is 6.86. The topological polar surface area (TPSA) is 29.5 Å². The van der Waals surface area contributed by atoms with Gasteiger partial charge in [-0.15, -0.1) is 0 Å². The predicted molar refractivity (Wildman–Crippen MR) is 37.4 cm³/mol. The number of hydrogen-bond acceptors (Lipinski definition) is 2. The molecule has 0 saturated carbocycles. The van der Waals surface area contributed by atoms with Gasteiger partial charge in [0, 0.05) is 6.20 Å². The fourth-order valence-corrected chi connectivity index (χ4v) is 0.706. The first-order valence-corrected chi connectivity index (χ1v) is 3.07. The van der Waals surface area contributed by atoms with Crippen LogP contribution in [0.4, 0.5) is 4.79 Å². The third-order valence-corrected chi connectivity index (χ3v) is 1.19. The van der Waals surface area contributed by atoms with Crippen molar-refractivity contribution in [1.82, 2.24) is 4.90 Å². The zero-order valence-corrected chi connectivity index (χ0v) is 5.62. The molecule has 0 bridgehead atoms. The normalized spacial score (nSPS) is 18.0. The molecule has 1 saturated heterocycles. The first-order chi connectivity index (χ1) is 4.84. The number of rotatable bonds is 2. The summed E-state index contributed by atoms with van der Waals surface area (Å²) in [5.74, 6) is 0. The van der Waals surface area contributed by atoms with E-state index in [2.05, 4.69) is 11.3 Å². The van der Waals surface area contributed by atoms with E-state index in [1.54, 1.807) is 18.4 Å². The average molecular weight is 139 g/mol. The number of carbonyl (C=O) groups is 1. The summed E-state index contributed by atoms with van der Waals surface area (Å²) in [6.45, 7) is 4.61. The highest BCUT2D eigenvalue weighted by atomic mass is 16.6. The van der Waals surface area contributed by atoms with Crippen LogP contribution in [0.25, 0.3) is 0 Å². The van der Waals surface area contributed by atoms with Crippen molar-refractivity contribution in [3.63, 3.8) is 0 Å². The average Bonchev–Trinajstić information content (AvgIpc) is 2.31. The molecule has 0 N–H and O–H groups in total. The largest absolute Gasteiger partial charge is 0.447 e. The van der Waals surface area contributed by atoms with Gasteiger partial charge in [0.05, 0.1) is 6.54 Å². The molecule has 1 rings (SSSR count). The number of hydrogen-bond donors (Lipinski definition) is 0. The van der Waals surface area contributed by atoms with E-state index in [-0.39, 0.29) is 6.09 Å². The summed E-state index contributed by atoms with van der Waals surface area (Å²) in [4.78, 5) is 12.2. The van der Waals surface area contributed by atoms with E-state index in [1.165, 1.54) is 4.90 Å². The molecule has 0 aromatic rings. The van der Waals surface area contributed by atoms with Gasteiger partial charge in [0.1, 0.15) is 6.61 Å². The van der Waals surface area contributed by atoms with Crippen LogP contribution in [-0.2, 0) is 4.74 Å². The van der Waals surface area contributed by atoms with E-state index in [1.807, 2.05) is 0 Å². The monoisotopic (exact) mass is 139 g/mol. The maximum atomic E-state index is 10.7. The molecular formula is C7H9NO2. The van der Waals surface area contributed by atoms with Crippen LogP contribution in [0.1, 0.15) is 0 Å². The van der Waals surface area contributed by atoms with Crippen LogP contribution in [0.5, 0.6) is 0 Å². The van der Waals surface area contributed by atoms with Crippen molar-refractivity contribution in [1.29, 1.82) is 0 Å². The van der Waals surface area contributed by atoms with Gasteiger partial charge in [-0.05, 0) is 6.08 Å². The molecule has 1 aliphatic heterocycles. The SMILES string of the molecule is C=C/C=C/N1CCOC1=O. The Morgan fingerprint density at radius 1 is 1.70 bits per heavy atom. The molecular weight excluding hydrogens is 130 g/mol. The van der Waals surface area contributed by atoms with E-state index in [0.717, 1.165) is 0 Å². The highest BCUT2D eigenvalue weighted by Crippen LogP contribution is 2.02. The van der Waals surface area contributed by atoms with Gasteiger partial charge >= 0.3 is 6.09 Å². The summed E-state index contributed by atoms with van der Waals surface area (Å²) in [6, 6.07) is 0. The molecule has 0 radical (unpaired) electrons. The summed E-state index contributed by atoms with van der Waals surface area (Å²) in [5, 5.41) is 0. The van der Waals surface area contributed by atoms with Crippen LogP contribution >= 0.6 is 0 Å². The minimum absolute atomic E-state index is 0.280. The lowest BCUT2D eigenvalue weighted by atomic mass is 10.5. The minimum Gasteiger partial charge on any atom is -0.447 e. The molecule has 1 fully saturated rings. The van der Waals surface area contributed by atoms with Gasteiger partial charge in [0.15, 0.2) is 0 Å². The zero-order chi connectivity index (χ0) is 7.40. The molecule has 0 aromatic heterocycles. The maximum absolute atomic E-state index is 10.7. The molecule has 1 aliphatic rings. The molecule has 0 unspecified atom stereocenters. The van der Waals surface area contributed by atoms with E-state index in [0.29, 0.717) is 13.2 Å². The van der Waals surface area contributed by atoms with Gasteiger partial charge in [0.25, 0.3) is 0 Å². The van der Waals surface area contributed by atoms with E-state index >= 15 is 0 Å². The number of allylic oxidation sites excluding steroid dienone is 2. The van der Waals surface area contributed by atoms with Crippen LogP contribution in [0.2, 0.25) is 0 Å². The Kier molecular flexibility index (Phi) is 2.10. The second kappa shape index (κ2) is 3.06. The van der Waals surface area contributed by atoms with Crippen molar-refractivity contribution >= 4 is 6.09 Å². The summed E-state index contributed by atoms with van der Waals surface area (Å²) in [6.07, 6.45) is 4.69. The lowest BCUT2D eigenvalue weighted by Gasteiger charge is -2.02. The van der Waals surface area contributed by atoms with Gasteiger partial charge in [-0.3, -0.25) is 4.90 Å². The van der Waals surface area contributed by atoms with Crippen LogP contribution in [0, 0.1) is 0 Å². The highest BCUT2D eigenvalue weighted by Gasteiger charge is 2.18. The first-order valence-electron chi connectivity index (χ1n) is 3.07. The molecule has 0 spiro atoms. The standard InChI is InChI=1S/C7H9NO2/c1-2-3-4-8-5-6-10-7(8)9/h2-4H,1,5-6H2/b4-3+. The van der Waals surface area contributed by atoms with Crippen LogP contribution in [0.3, 0.4) is 0 Å². The summed E-state index contributed by atoms with van der Waals surface area (Å²) >= 11 is 0. The quantitative estimate of drug-likeness (QED) is 0.537. The molecule has 54 valence electrons. The number of ether oxygens (including phenoxy) is 1. The van der Waals surface area contributed by atoms with Gasteiger partial charge < -0.3 is 4.74 Å². The third-order valence-electron chi connectivity index (χ3n) is 1.19. The molecule has 3 nitrogen and oxygen atoms in total.